The number of ketones is 1. The van der Waals surface area contributed by atoms with Crippen molar-refractivity contribution in [3.8, 4) is 5.75 Å². The molecule has 1 N–H and O–H groups in total. The lowest BCUT2D eigenvalue weighted by Crippen LogP contribution is -2.27. The maximum absolute atomic E-state index is 12.0. The van der Waals surface area contributed by atoms with Gasteiger partial charge in [-0.05, 0) is 55.5 Å². The van der Waals surface area contributed by atoms with Crippen LogP contribution in [0.25, 0.3) is 0 Å². The highest BCUT2D eigenvalue weighted by Gasteiger charge is 2.11. The highest BCUT2D eigenvalue weighted by molar-refractivity contribution is 6.30. The molecule has 0 fully saturated rings. The van der Waals surface area contributed by atoms with Gasteiger partial charge in [-0.2, -0.15) is 0 Å². The monoisotopic (exact) mass is 389 g/mol. The van der Waals surface area contributed by atoms with Gasteiger partial charge in [-0.1, -0.05) is 11.6 Å². The van der Waals surface area contributed by atoms with Gasteiger partial charge in [0.25, 0.3) is 5.91 Å². The molecule has 0 saturated carbocycles. The van der Waals surface area contributed by atoms with E-state index in [0.717, 1.165) is 0 Å². The van der Waals surface area contributed by atoms with Crippen molar-refractivity contribution in [2.24, 2.45) is 0 Å². The van der Waals surface area contributed by atoms with E-state index in [0.29, 0.717) is 28.5 Å². The van der Waals surface area contributed by atoms with E-state index in [1.165, 1.54) is 0 Å². The Morgan fingerprint density at radius 3 is 2.22 bits per heavy atom. The topological polar surface area (TPSA) is 81.7 Å². The van der Waals surface area contributed by atoms with E-state index in [9.17, 15) is 14.4 Å². The molecule has 2 rings (SSSR count). The molecule has 142 valence electrons. The van der Waals surface area contributed by atoms with E-state index >= 15 is 0 Å². The SMILES string of the molecule is CCOc1ccc(C(=O)COC(=O)CCNC(=O)c2ccc(Cl)cc2)cc1. The van der Waals surface area contributed by atoms with Crippen LogP contribution in [0.4, 0.5) is 0 Å². The number of ether oxygens (including phenoxy) is 2. The van der Waals surface area contributed by atoms with Gasteiger partial charge in [-0.25, -0.2) is 0 Å². The van der Waals surface area contributed by atoms with Crippen molar-refractivity contribution < 1.29 is 23.9 Å². The normalized spacial score (nSPS) is 10.1. The number of hydrogen-bond donors (Lipinski definition) is 1. The van der Waals surface area contributed by atoms with E-state index in [1.807, 2.05) is 6.92 Å². The molecule has 1 amide bonds. The van der Waals surface area contributed by atoms with Crippen LogP contribution in [0, 0.1) is 0 Å². The van der Waals surface area contributed by atoms with Gasteiger partial charge in [-0.3, -0.25) is 14.4 Å². The van der Waals surface area contributed by atoms with Crippen LogP contribution in [0.5, 0.6) is 5.75 Å². The van der Waals surface area contributed by atoms with Crippen LogP contribution in [-0.4, -0.2) is 37.4 Å². The van der Waals surface area contributed by atoms with E-state index in [1.54, 1.807) is 48.5 Å². The lowest BCUT2D eigenvalue weighted by Gasteiger charge is -2.07. The molecule has 2 aromatic rings. The summed E-state index contributed by atoms with van der Waals surface area (Å²) < 4.78 is 10.3. The molecule has 0 aliphatic carbocycles. The molecule has 0 radical (unpaired) electrons. The predicted molar refractivity (Wildman–Crippen MR) is 101 cm³/mol. The highest BCUT2D eigenvalue weighted by Crippen LogP contribution is 2.13. The van der Waals surface area contributed by atoms with Gasteiger partial charge in [-0.15, -0.1) is 0 Å². The first-order valence-electron chi connectivity index (χ1n) is 8.45. The van der Waals surface area contributed by atoms with E-state index in [2.05, 4.69) is 5.32 Å². The first-order valence-corrected chi connectivity index (χ1v) is 8.83. The Labute approximate surface area is 162 Å². The Morgan fingerprint density at radius 1 is 0.963 bits per heavy atom. The summed E-state index contributed by atoms with van der Waals surface area (Å²) in [4.78, 5) is 35.6. The fourth-order valence-corrected chi connectivity index (χ4v) is 2.31. The molecule has 0 spiro atoms. The number of esters is 1. The fourth-order valence-electron chi connectivity index (χ4n) is 2.19. The average Bonchev–Trinajstić information content (AvgIpc) is 2.67. The molecule has 0 bridgehead atoms. The van der Waals surface area contributed by atoms with Crippen molar-refractivity contribution in [2.75, 3.05) is 19.8 Å². The molecule has 27 heavy (non-hydrogen) atoms. The van der Waals surface area contributed by atoms with E-state index in [4.69, 9.17) is 21.1 Å². The smallest absolute Gasteiger partial charge is 0.308 e. The fraction of sp³-hybridized carbons (Fsp3) is 0.250. The molecule has 0 aromatic heterocycles. The molecular formula is C20H20ClNO5. The maximum Gasteiger partial charge on any atom is 0.308 e. The number of Topliss-reactive ketones (excluding diaryl/α,β-unsaturated/α-hetero) is 1. The van der Waals surface area contributed by atoms with Gasteiger partial charge < -0.3 is 14.8 Å². The van der Waals surface area contributed by atoms with Crippen molar-refractivity contribution in [1.82, 2.24) is 5.32 Å². The Bertz CT molecular complexity index is 787. The summed E-state index contributed by atoms with van der Waals surface area (Å²) in [6.45, 7) is 2.17. The number of nitrogens with one attached hydrogen (secondary N) is 1. The Balaban J connectivity index is 1.70. The van der Waals surface area contributed by atoms with Gasteiger partial charge >= 0.3 is 5.97 Å². The lowest BCUT2D eigenvalue weighted by molar-refractivity contribution is -0.142. The summed E-state index contributed by atoms with van der Waals surface area (Å²) in [5.41, 5.74) is 0.876. The first-order chi connectivity index (χ1) is 13.0. The van der Waals surface area contributed by atoms with Crippen LogP contribution in [0.3, 0.4) is 0 Å². The molecule has 0 aliphatic rings. The minimum atomic E-state index is -0.564. The number of carbonyl (C=O) groups is 3. The number of amides is 1. The third kappa shape index (κ3) is 6.75. The van der Waals surface area contributed by atoms with Gasteiger partial charge in [0, 0.05) is 22.7 Å². The van der Waals surface area contributed by atoms with Gasteiger partial charge in [0.1, 0.15) is 5.75 Å². The van der Waals surface area contributed by atoms with Crippen LogP contribution < -0.4 is 10.1 Å². The minimum Gasteiger partial charge on any atom is -0.494 e. The van der Waals surface area contributed by atoms with Crippen LogP contribution in [0.2, 0.25) is 5.02 Å². The summed E-state index contributed by atoms with van der Waals surface area (Å²) >= 11 is 5.76. The maximum atomic E-state index is 12.0. The number of benzene rings is 2. The third-order valence-corrected chi connectivity index (χ3v) is 3.82. The minimum absolute atomic E-state index is 0.0319. The van der Waals surface area contributed by atoms with E-state index < -0.39 is 5.97 Å². The molecule has 0 unspecified atom stereocenters. The van der Waals surface area contributed by atoms with Crippen molar-refractivity contribution in [3.63, 3.8) is 0 Å². The summed E-state index contributed by atoms with van der Waals surface area (Å²) in [7, 11) is 0. The summed E-state index contributed by atoms with van der Waals surface area (Å²) in [6.07, 6.45) is -0.0319. The summed E-state index contributed by atoms with van der Waals surface area (Å²) in [5, 5.41) is 3.14. The molecule has 0 aliphatic heterocycles. The van der Waals surface area contributed by atoms with Crippen LogP contribution >= 0.6 is 11.6 Å². The van der Waals surface area contributed by atoms with Crippen molar-refractivity contribution >= 4 is 29.3 Å². The van der Waals surface area contributed by atoms with Crippen molar-refractivity contribution in [2.45, 2.75) is 13.3 Å². The van der Waals surface area contributed by atoms with Crippen molar-refractivity contribution in [3.05, 3.63) is 64.7 Å². The zero-order valence-electron chi connectivity index (χ0n) is 14.9. The quantitative estimate of drug-likeness (QED) is 0.525. The first kappa shape index (κ1) is 20.5. The highest BCUT2D eigenvalue weighted by atomic mass is 35.5. The van der Waals surface area contributed by atoms with Crippen molar-refractivity contribution in [1.29, 1.82) is 0 Å². The average molecular weight is 390 g/mol. The zero-order valence-corrected chi connectivity index (χ0v) is 15.6. The largest absolute Gasteiger partial charge is 0.494 e. The van der Waals surface area contributed by atoms with Crippen LogP contribution in [0.15, 0.2) is 48.5 Å². The van der Waals surface area contributed by atoms with Crippen LogP contribution in [0.1, 0.15) is 34.1 Å². The lowest BCUT2D eigenvalue weighted by atomic mass is 10.1. The molecular weight excluding hydrogens is 370 g/mol. The Morgan fingerprint density at radius 2 is 1.59 bits per heavy atom. The molecule has 0 atom stereocenters. The summed E-state index contributed by atoms with van der Waals surface area (Å²) in [5.74, 6) is -0.519. The molecule has 6 nitrogen and oxygen atoms in total. The molecule has 0 saturated heterocycles. The molecule has 7 heteroatoms. The Kier molecular flexibility index (Phi) is 7.82. The number of hydrogen-bond acceptors (Lipinski definition) is 5. The van der Waals surface area contributed by atoms with E-state index in [-0.39, 0.29) is 31.3 Å². The number of rotatable bonds is 9. The van der Waals surface area contributed by atoms with Gasteiger partial charge in [0.2, 0.25) is 0 Å². The third-order valence-electron chi connectivity index (χ3n) is 3.57. The second-order valence-electron chi connectivity index (χ2n) is 5.55. The number of halogens is 1. The Hall–Kier alpha value is -2.86. The predicted octanol–water partition coefficient (Wildman–Crippen LogP) is 3.28. The summed E-state index contributed by atoms with van der Waals surface area (Å²) in [6, 6.07) is 13.0. The van der Waals surface area contributed by atoms with Gasteiger partial charge in [0.05, 0.1) is 13.0 Å². The standard InChI is InChI=1S/C20H20ClNO5/c1-2-26-17-9-5-14(6-10-17)18(23)13-27-19(24)11-12-22-20(25)15-3-7-16(21)8-4-15/h3-10H,2,11-13H2,1H3,(H,22,25). The van der Waals surface area contributed by atoms with Crippen LogP contribution in [-0.2, 0) is 9.53 Å². The molecule has 2 aromatic carbocycles. The second-order valence-corrected chi connectivity index (χ2v) is 5.99. The molecule has 0 heterocycles. The zero-order chi connectivity index (χ0) is 19.6. The van der Waals surface area contributed by atoms with Gasteiger partial charge in [0.15, 0.2) is 12.4 Å². The number of carbonyl (C=O) groups excluding carboxylic acids is 3. The second kappa shape index (κ2) is 10.3.